The zero-order valence-corrected chi connectivity index (χ0v) is 57.8. The van der Waals surface area contributed by atoms with Crippen molar-refractivity contribution in [2.45, 2.75) is 64.3 Å². The Hall–Kier alpha value is -12.7. The highest BCUT2D eigenvalue weighted by molar-refractivity contribution is 7.35. The average molecular weight is 1460 g/mol. The van der Waals surface area contributed by atoms with Gasteiger partial charge in [-0.3, -0.25) is 38.4 Å². The predicted octanol–water partition coefficient (Wildman–Crippen LogP) is 13.8. The minimum absolute atomic E-state index is 0.00674. The van der Waals surface area contributed by atoms with Gasteiger partial charge >= 0.3 is 36.1 Å². The van der Waals surface area contributed by atoms with Crippen molar-refractivity contribution < 1.29 is 76.4 Å². The van der Waals surface area contributed by atoms with E-state index in [-0.39, 0.29) is 122 Å². The van der Waals surface area contributed by atoms with Crippen molar-refractivity contribution in [2.24, 2.45) is 9.98 Å². The Balaban J connectivity index is 0.984. The number of rotatable bonds is 18. The van der Waals surface area contributed by atoms with Crippen LogP contribution in [0.15, 0.2) is 226 Å². The second-order valence-corrected chi connectivity index (χ2v) is 27.9. The third-order valence-electron chi connectivity index (χ3n) is 17.6. The first-order valence-corrected chi connectivity index (χ1v) is 35.1. The van der Waals surface area contributed by atoms with Gasteiger partial charge in [-0.2, -0.15) is 20.3 Å². The van der Waals surface area contributed by atoms with E-state index < -0.39 is 93.1 Å². The molecule has 2 aliphatic carbocycles. The van der Waals surface area contributed by atoms with E-state index in [0.717, 1.165) is 45.3 Å². The molecule has 6 heterocycles. The van der Waals surface area contributed by atoms with Crippen LogP contribution in [-0.4, -0.2) is 80.9 Å². The molecule has 6 aromatic carbocycles. The molecule has 0 spiro atoms. The van der Waals surface area contributed by atoms with Crippen LogP contribution in [0.1, 0.15) is 69.5 Å². The van der Waals surface area contributed by atoms with E-state index in [9.17, 15) is 39.3 Å². The summed E-state index contributed by atoms with van der Waals surface area (Å²) in [6, 6.07) is 57.7. The van der Waals surface area contributed by atoms with Crippen molar-refractivity contribution in [2.75, 3.05) is 0 Å². The fraction of sp³-hybridized carbons (Fsp3) is 0.128. The van der Waals surface area contributed by atoms with E-state index in [1.54, 1.807) is 194 Å². The molecule has 10 aromatic rings. The van der Waals surface area contributed by atoms with E-state index >= 15 is 19.2 Å². The van der Waals surface area contributed by atoms with E-state index in [0.29, 0.717) is 33.4 Å². The van der Waals surface area contributed by atoms with Crippen LogP contribution < -0.4 is 0 Å². The maximum Gasteiger partial charge on any atom is 0.424 e. The third-order valence-corrected chi connectivity index (χ3v) is 22.5. The Labute approximate surface area is 606 Å². The topological polar surface area (TPSA) is 305 Å². The van der Waals surface area contributed by atoms with Crippen LogP contribution >= 0.6 is 45.3 Å². The molecule has 4 aromatic heterocycles. The van der Waals surface area contributed by atoms with E-state index in [1.807, 2.05) is 0 Å². The second-order valence-electron chi connectivity index (χ2n) is 23.8. The van der Waals surface area contributed by atoms with Gasteiger partial charge in [0.25, 0.3) is 23.6 Å². The molecule has 6 amide bonds. The summed E-state index contributed by atoms with van der Waals surface area (Å²) in [5.74, 6) is -9.64. The van der Waals surface area contributed by atoms with E-state index in [4.69, 9.17) is 38.4 Å². The number of esters is 4. The SMILES string of the molecule is CC1=C(C#N)C(=O)N(C(=O)OCc2ccccc2)C(=O)/C1=N\c1cc2c(s1)-c1sc3c4c(sc3c1C2(C(=O)OCc1ccccc1)C(=O)OCc1ccccc1)-c1sc(/N=C2/C(=O)N(C(=O)OCc3ccccc3)C(=O)C(C#N)=C2C)cc1C4(C(=O)OCc1ccccc1)C(=O)OCc1ccccc1. The molecule has 26 heteroatoms. The Kier molecular flexibility index (Phi) is 18.7. The fourth-order valence-corrected chi connectivity index (χ4v) is 18.0. The molecule has 0 unspecified atom stereocenters. The molecule has 512 valence electrons. The van der Waals surface area contributed by atoms with Gasteiger partial charge in [-0.1, -0.05) is 182 Å². The molecule has 0 saturated heterocycles. The summed E-state index contributed by atoms with van der Waals surface area (Å²) in [6.07, 6.45) is -2.79. The molecule has 2 aliphatic heterocycles. The molecule has 0 radical (unpaired) electrons. The molecule has 0 fully saturated rings. The summed E-state index contributed by atoms with van der Waals surface area (Å²) in [6.45, 7) is 0.377. The van der Waals surface area contributed by atoms with Crippen LogP contribution in [0.2, 0.25) is 0 Å². The Bertz CT molecular complexity index is 5040. The van der Waals surface area contributed by atoms with Crippen molar-refractivity contribution in [1.29, 1.82) is 10.5 Å². The summed E-state index contributed by atoms with van der Waals surface area (Å²) in [7, 11) is 0. The van der Waals surface area contributed by atoms with Crippen LogP contribution in [0.4, 0.5) is 19.6 Å². The van der Waals surface area contributed by atoms with Crippen LogP contribution in [0.3, 0.4) is 0 Å². The van der Waals surface area contributed by atoms with Gasteiger partial charge in [-0.25, -0.2) is 19.6 Å². The van der Waals surface area contributed by atoms with Crippen LogP contribution in [0, 0.1) is 22.7 Å². The maximum atomic E-state index is 16.2. The Morgan fingerprint density at radius 3 is 0.894 bits per heavy atom. The van der Waals surface area contributed by atoms with Gasteiger partial charge in [0.1, 0.15) is 84.4 Å². The summed E-state index contributed by atoms with van der Waals surface area (Å²) in [4.78, 5) is 160. The molecular weight excluding hydrogens is 1410 g/mol. The molecule has 0 bridgehead atoms. The highest BCUT2D eigenvalue weighted by atomic mass is 32.1. The molecule has 0 saturated carbocycles. The lowest BCUT2D eigenvalue weighted by atomic mass is 9.77. The number of thiophene rings is 4. The number of aliphatic imine (C=N–C) groups is 2. The highest BCUT2D eigenvalue weighted by Crippen LogP contribution is 2.68. The van der Waals surface area contributed by atoms with E-state index in [2.05, 4.69) is 0 Å². The van der Waals surface area contributed by atoms with Gasteiger partial charge < -0.3 is 28.4 Å². The van der Waals surface area contributed by atoms with Gasteiger partial charge in [0.15, 0.2) is 0 Å². The van der Waals surface area contributed by atoms with Gasteiger partial charge in [0.05, 0.1) is 28.9 Å². The number of imide groups is 6. The van der Waals surface area contributed by atoms with Crippen molar-refractivity contribution in [3.8, 4) is 31.6 Å². The first kappa shape index (κ1) is 68.4. The molecule has 104 heavy (non-hydrogen) atoms. The first-order chi connectivity index (χ1) is 50.5. The quantitative estimate of drug-likeness (QED) is 0.0333. The Morgan fingerprint density at radius 1 is 0.375 bits per heavy atom. The average Bonchev–Trinajstić information content (AvgIpc) is 1.49. The number of carbonyl (C=O) groups excluding carboxylic acids is 10. The fourth-order valence-electron chi connectivity index (χ4n) is 12.5. The number of ether oxygens (including phenoxy) is 6. The number of fused-ring (bicyclic) bond motifs is 9. The number of hydrogen-bond donors (Lipinski definition) is 0. The largest absolute Gasteiger partial charge is 0.459 e. The zero-order chi connectivity index (χ0) is 72.6. The lowest BCUT2D eigenvalue weighted by molar-refractivity contribution is -0.166. The van der Waals surface area contributed by atoms with Gasteiger partial charge in [-0.05, 0) is 59.4 Å². The highest BCUT2D eigenvalue weighted by Gasteiger charge is 2.65. The van der Waals surface area contributed by atoms with Crippen LogP contribution in [0.25, 0.3) is 28.9 Å². The van der Waals surface area contributed by atoms with Crippen molar-refractivity contribution in [1.82, 2.24) is 9.80 Å². The molecule has 0 N–H and O–H groups in total. The number of amides is 6. The molecule has 0 atom stereocenters. The van der Waals surface area contributed by atoms with Crippen molar-refractivity contribution in [3.63, 3.8) is 0 Å². The molecule has 14 rings (SSSR count). The molecule has 4 aliphatic rings. The van der Waals surface area contributed by atoms with Crippen LogP contribution in [0.5, 0.6) is 0 Å². The van der Waals surface area contributed by atoms with Crippen LogP contribution in [-0.2, 0) is 117 Å². The summed E-state index contributed by atoms with van der Waals surface area (Å²) in [5, 5.41) is 20.7. The lowest BCUT2D eigenvalue weighted by Gasteiger charge is -2.27. The van der Waals surface area contributed by atoms with Gasteiger partial charge in [-0.15, -0.1) is 45.3 Å². The minimum atomic E-state index is -2.64. The zero-order valence-electron chi connectivity index (χ0n) is 54.6. The summed E-state index contributed by atoms with van der Waals surface area (Å²) >= 11 is 3.72. The normalized spacial score (nSPS) is 15.4. The van der Waals surface area contributed by atoms with Gasteiger partial charge in [0, 0.05) is 33.4 Å². The third kappa shape index (κ3) is 12.0. The smallest absolute Gasteiger partial charge is 0.424 e. The molecule has 22 nitrogen and oxygen atoms in total. The summed E-state index contributed by atoms with van der Waals surface area (Å²) < 4.78 is 36.4. The number of nitrogens with zero attached hydrogens (tertiary/aromatic N) is 6. The summed E-state index contributed by atoms with van der Waals surface area (Å²) in [5.41, 5.74) is -4.92. The standard InChI is InChI=1S/C78H50N6O16S4/c1-43-51(35-79)67(85)83(75(93)99-41-49-29-17-7-18-30-49)69(87)59(43)81-55-33-53-61(101-55)63-57(77(53,71(89)95-37-45-21-9-3-10-22-45)72(90)96-38-46-23-11-4-12-24-46)65-66(103-63)58-64(104-65)62-54(78(58,73(91)97-39-47-25-13-5-14-26-47)74(92)98-40-48-27-15-6-16-28-48)34-56(102-62)82-60-44(2)52(36-80)68(86)84(70(60)88)76(94)100-42-50-31-19-8-20-32-50/h3-34H,37-42H2,1-2H3/b81-59-,82-60+. The number of benzene rings is 6. The second kappa shape index (κ2) is 28.4. The minimum Gasteiger partial charge on any atom is -0.459 e. The van der Waals surface area contributed by atoms with Crippen molar-refractivity contribution >= 4 is 136 Å². The monoisotopic (exact) mass is 1450 g/mol. The van der Waals surface area contributed by atoms with Crippen molar-refractivity contribution in [3.05, 3.63) is 272 Å². The number of nitriles is 2. The van der Waals surface area contributed by atoms with E-state index in [1.165, 1.54) is 26.0 Å². The number of carbonyl (C=O) groups is 10. The first-order valence-electron chi connectivity index (χ1n) is 31.8. The molecular formula is C78H50N6O16S4. The Morgan fingerprint density at radius 2 is 0.635 bits per heavy atom. The lowest BCUT2D eigenvalue weighted by Crippen LogP contribution is -2.50. The van der Waals surface area contributed by atoms with Gasteiger partial charge in [0.2, 0.25) is 10.8 Å². The number of hydrogen-bond acceptors (Lipinski definition) is 24. The maximum absolute atomic E-state index is 16.2. The predicted molar refractivity (Wildman–Crippen MR) is 381 cm³/mol.